The smallest absolute Gasteiger partial charge is 0.307 e. The van der Waals surface area contributed by atoms with Crippen LogP contribution in [0.3, 0.4) is 0 Å². The summed E-state index contributed by atoms with van der Waals surface area (Å²) in [5.74, 6) is -0.644. The SMILES string of the molecule is Cc1ncccc1CNCC(CC(C)C)C(=O)O. The summed E-state index contributed by atoms with van der Waals surface area (Å²) in [6, 6.07) is 3.90. The van der Waals surface area contributed by atoms with Crippen molar-refractivity contribution in [3.63, 3.8) is 0 Å². The van der Waals surface area contributed by atoms with Crippen LogP contribution in [0.25, 0.3) is 0 Å². The highest BCUT2D eigenvalue weighted by Gasteiger charge is 2.18. The van der Waals surface area contributed by atoms with Gasteiger partial charge in [0.05, 0.1) is 5.92 Å². The van der Waals surface area contributed by atoms with Gasteiger partial charge in [-0.1, -0.05) is 19.9 Å². The summed E-state index contributed by atoms with van der Waals surface area (Å²) in [6.07, 6.45) is 2.46. The number of nitrogens with zero attached hydrogens (tertiary/aromatic N) is 1. The quantitative estimate of drug-likeness (QED) is 0.779. The van der Waals surface area contributed by atoms with Gasteiger partial charge in [0.25, 0.3) is 0 Å². The first-order valence-electron chi connectivity index (χ1n) is 6.34. The molecule has 18 heavy (non-hydrogen) atoms. The lowest BCUT2D eigenvalue weighted by Gasteiger charge is -2.15. The molecule has 4 nitrogen and oxygen atoms in total. The van der Waals surface area contributed by atoms with Crippen molar-refractivity contribution in [3.05, 3.63) is 29.6 Å². The van der Waals surface area contributed by atoms with E-state index in [1.165, 1.54) is 0 Å². The first-order valence-corrected chi connectivity index (χ1v) is 6.34. The van der Waals surface area contributed by atoms with Crippen molar-refractivity contribution in [3.8, 4) is 0 Å². The van der Waals surface area contributed by atoms with Crippen LogP contribution in [0.4, 0.5) is 0 Å². The molecule has 4 heteroatoms. The van der Waals surface area contributed by atoms with Gasteiger partial charge >= 0.3 is 5.97 Å². The van der Waals surface area contributed by atoms with Crippen molar-refractivity contribution >= 4 is 5.97 Å². The highest BCUT2D eigenvalue weighted by molar-refractivity contribution is 5.70. The summed E-state index contributed by atoms with van der Waals surface area (Å²) < 4.78 is 0. The van der Waals surface area contributed by atoms with Crippen LogP contribution in [0.15, 0.2) is 18.3 Å². The maximum Gasteiger partial charge on any atom is 0.307 e. The Labute approximate surface area is 108 Å². The number of pyridine rings is 1. The molecule has 0 aliphatic carbocycles. The number of aliphatic carboxylic acids is 1. The molecule has 1 unspecified atom stereocenters. The zero-order valence-corrected chi connectivity index (χ0v) is 11.3. The second kappa shape index (κ2) is 7.11. The van der Waals surface area contributed by atoms with E-state index in [2.05, 4.69) is 10.3 Å². The van der Waals surface area contributed by atoms with Gasteiger partial charge in [-0.3, -0.25) is 9.78 Å². The van der Waals surface area contributed by atoms with Crippen molar-refractivity contribution in [2.45, 2.75) is 33.7 Å². The molecule has 0 radical (unpaired) electrons. The van der Waals surface area contributed by atoms with Crippen molar-refractivity contribution in [2.24, 2.45) is 11.8 Å². The lowest BCUT2D eigenvalue weighted by molar-refractivity contribution is -0.142. The normalized spacial score (nSPS) is 12.7. The van der Waals surface area contributed by atoms with Crippen molar-refractivity contribution in [1.29, 1.82) is 0 Å². The Morgan fingerprint density at radius 2 is 2.22 bits per heavy atom. The van der Waals surface area contributed by atoms with E-state index >= 15 is 0 Å². The predicted molar refractivity (Wildman–Crippen MR) is 71.3 cm³/mol. The molecule has 0 fully saturated rings. The first kappa shape index (κ1) is 14.6. The summed E-state index contributed by atoms with van der Waals surface area (Å²) in [5, 5.41) is 12.3. The van der Waals surface area contributed by atoms with E-state index in [1.807, 2.05) is 32.9 Å². The van der Waals surface area contributed by atoms with Crippen LogP contribution in [0.2, 0.25) is 0 Å². The minimum atomic E-state index is -0.723. The number of carboxylic acids is 1. The Morgan fingerprint density at radius 1 is 1.50 bits per heavy atom. The topological polar surface area (TPSA) is 62.2 Å². The number of aromatic nitrogens is 1. The summed E-state index contributed by atoms with van der Waals surface area (Å²) >= 11 is 0. The minimum Gasteiger partial charge on any atom is -0.481 e. The van der Waals surface area contributed by atoms with Crippen molar-refractivity contribution < 1.29 is 9.90 Å². The van der Waals surface area contributed by atoms with E-state index in [4.69, 9.17) is 5.11 Å². The minimum absolute atomic E-state index is 0.318. The summed E-state index contributed by atoms with van der Waals surface area (Å²) in [4.78, 5) is 15.3. The predicted octanol–water partition coefficient (Wildman–Crippen LogP) is 2.23. The Bertz CT molecular complexity index is 391. The second-order valence-electron chi connectivity index (χ2n) is 5.04. The average molecular weight is 250 g/mol. The van der Waals surface area contributed by atoms with E-state index in [9.17, 15) is 4.79 Å². The van der Waals surface area contributed by atoms with Crippen LogP contribution in [0.5, 0.6) is 0 Å². The van der Waals surface area contributed by atoms with Crippen molar-refractivity contribution in [2.75, 3.05) is 6.54 Å². The molecule has 1 heterocycles. The molecular weight excluding hydrogens is 228 g/mol. The molecule has 0 saturated heterocycles. The number of aryl methyl sites for hydroxylation is 1. The van der Waals surface area contributed by atoms with E-state index < -0.39 is 5.97 Å². The van der Waals surface area contributed by atoms with Gasteiger partial charge in [-0.25, -0.2) is 0 Å². The average Bonchev–Trinajstić information content (AvgIpc) is 2.29. The van der Waals surface area contributed by atoms with Crippen LogP contribution >= 0.6 is 0 Å². The highest BCUT2D eigenvalue weighted by atomic mass is 16.4. The van der Waals surface area contributed by atoms with E-state index in [0.717, 1.165) is 11.3 Å². The second-order valence-corrected chi connectivity index (χ2v) is 5.04. The Kier molecular flexibility index (Phi) is 5.78. The van der Waals surface area contributed by atoms with Crippen molar-refractivity contribution in [1.82, 2.24) is 10.3 Å². The first-order chi connectivity index (χ1) is 8.50. The standard InChI is InChI=1S/C14H22N2O2/c1-10(2)7-13(14(17)18)9-15-8-12-5-4-6-16-11(12)3/h4-6,10,13,15H,7-9H2,1-3H3,(H,17,18). The molecule has 1 aromatic rings. The zero-order chi connectivity index (χ0) is 13.5. The Balaban J connectivity index is 2.44. The monoisotopic (exact) mass is 250 g/mol. The fourth-order valence-corrected chi connectivity index (χ4v) is 1.93. The van der Waals surface area contributed by atoms with Gasteiger partial charge in [0, 0.05) is 25.0 Å². The third-order valence-corrected chi connectivity index (χ3v) is 2.93. The number of carbonyl (C=O) groups is 1. The zero-order valence-electron chi connectivity index (χ0n) is 11.3. The molecule has 0 aromatic carbocycles. The van der Waals surface area contributed by atoms with Crippen LogP contribution in [0, 0.1) is 18.8 Å². The van der Waals surface area contributed by atoms with E-state index in [0.29, 0.717) is 25.4 Å². The van der Waals surface area contributed by atoms with Gasteiger partial charge in [-0.15, -0.1) is 0 Å². The molecule has 0 amide bonds. The van der Waals surface area contributed by atoms with Gasteiger partial charge in [0.2, 0.25) is 0 Å². The highest BCUT2D eigenvalue weighted by Crippen LogP contribution is 2.11. The third-order valence-electron chi connectivity index (χ3n) is 2.93. The van der Waals surface area contributed by atoms with E-state index in [1.54, 1.807) is 6.20 Å². The van der Waals surface area contributed by atoms with Crippen LogP contribution < -0.4 is 5.32 Å². The van der Waals surface area contributed by atoms with Gasteiger partial charge in [0.1, 0.15) is 0 Å². The largest absolute Gasteiger partial charge is 0.481 e. The summed E-state index contributed by atoms with van der Waals surface area (Å²) in [5.41, 5.74) is 2.10. The lowest BCUT2D eigenvalue weighted by atomic mass is 9.97. The third kappa shape index (κ3) is 4.84. The van der Waals surface area contributed by atoms with Gasteiger partial charge in [0.15, 0.2) is 0 Å². The number of nitrogens with one attached hydrogen (secondary N) is 1. The van der Waals surface area contributed by atoms with Gasteiger partial charge < -0.3 is 10.4 Å². The molecule has 100 valence electrons. The van der Waals surface area contributed by atoms with Crippen LogP contribution in [-0.2, 0) is 11.3 Å². The van der Waals surface area contributed by atoms with Gasteiger partial charge in [-0.05, 0) is 30.9 Å². The lowest BCUT2D eigenvalue weighted by Crippen LogP contribution is -2.29. The molecule has 2 N–H and O–H groups in total. The van der Waals surface area contributed by atoms with E-state index in [-0.39, 0.29) is 5.92 Å². The van der Waals surface area contributed by atoms with Crippen LogP contribution in [0.1, 0.15) is 31.5 Å². The number of rotatable bonds is 7. The van der Waals surface area contributed by atoms with Gasteiger partial charge in [-0.2, -0.15) is 0 Å². The molecule has 1 aromatic heterocycles. The molecule has 1 rings (SSSR count). The molecule has 0 saturated carbocycles. The molecule has 1 atom stereocenters. The number of hydrogen-bond acceptors (Lipinski definition) is 3. The molecular formula is C14H22N2O2. The summed E-state index contributed by atoms with van der Waals surface area (Å²) in [7, 11) is 0. The Morgan fingerprint density at radius 3 is 2.78 bits per heavy atom. The number of carboxylic acid groups (broad SMARTS) is 1. The van der Waals surface area contributed by atoms with Crippen LogP contribution in [-0.4, -0.2) is 22.6 Å². The maximum absolute atomic E-state index is 11.1. The molecule has 0 spiro atoms. The molecule has 0 aliphatic rings. The molecule has 0 aliphatic heterocycles. The Hall–Kier alpha value is -1.42. The fourth-order valence-electron chi connectivity index (χ4n) is 1.93. The molecule has 0 bridgehead atoms. The fraction of sp³-hybridized carbons (Fsp3) is 0.571. The summed E-state index contributed by atoms with van der Waals surface area (Å²) in [6.45, 7) is 7.21. The number of hydrogen-bond donors (Lipinski definition) is 2. The maximum atomic E-state index is 11.1.